The van der Waals surface area contributed by atoms with Crippen LogP contribution in [0.25, 0.3) is 66.8 Å². The van der Waals surface area contributed by atoms with E-state index in [4.69, 9.17) is 11.0 Å². The van der Waals surface area contributed by atoms with Crippen molar-refractivity contribution in [3.63, 3.8) is 0 Å². The first-order valence-electron chi connectivity index (χ1n) is 24.0. The van der Waals surface area contributed by atoms with E-state index >= 15 is 0 Å². The van der Waals surface area contributed by atoms with Crippen LogP contribution in [0.3, 0.4) is 0 Å². The Labute approximate surface area is 514 Å². The minimum atomic E-state index is 0. The smallest absolute Gasteiger partial charge is 0.462 e. The number of hydrogen-bond donors (Lipinski definition) is 0. The van der Waals surface area contributed by atoms with Gasteiger partial charge in [-0.2, -0.15) is 76.0 Å². The number of hydrogen-bond acceptors (Lipinski definition) is 8. The van der Waals surface area contributed by atoms with Crippen LogP contribution in [0, 0.1) is 56.8 Å². The molecule has 0 amide bonds. The van der Waals surface area contributed by atoms with Gasteiger partial charge < -0.3 is 8.98 Å². The summed E-state index contributed by atoms with van der Waals surface area (Å²) in [5.74, 6) is 0. The normalized spacial score (nSPS) is 9.62. The standard InChI is InChI=1S/C15H11N2.C11H11N2.C10H6N3.C10H9N2.C9H6NO.C9H6NS.3Pt/c1-2-6-13(7-3-1)14-8-4-9-15(12-14)17-11-5-10-16-17;1-9-8-10(2)13(12-9)11-6-4-3-5-7-11;1-11-9-4-2-5-10(8-9)13-7-3-6-12-13;1-12-7-10(11-8-12)9-5-3-2-4-6-9;2*1-2-4-8(5-3-1)9-6-11-7-10-9;;;/h1-8,10-12H;3-6,8H,1-2H3;2-4,6-8H;2-5,7-8H,1H3;2*1-4,6-7H;;;/q6*-1;3*+2. The van der Waals surface area contributed by atoms with Gasteiger partial charge in [-0.25, -0.2) is 0 Å². The first-order valence-corrected chi connectivity index (χ1v) is 25.0. The minimum Gasteiger partial charge on any atom is -0.462 e. The van der Waals surface area contributed by atoms with Crippen molar-refractivity contribution in [2.75, 3.05) is 0 Å². The van der Waals surface area contributed by atoms with Gasteiger partial charge in [0, 0.05) is 48.9 Å². The fraction of sp³-hybridized carbons (Fsp3) is 0.0469. The molecule has 80 heavy (non-hydrogen) atoms. The molecule has 7 aromatic carbocycles. The molecule has 402 valence electrons. The molecule has 12 nitrogen and oxygen atoms in total. The number of rotatable bonds is 7. The van der Waals surface area contributed by atoms with Gasteiger partial charge in [0.25, 0.3) is 0 Å². The number of imidazole rings is 1. The van der Waals surface area contributed by atoms with Crippen LogP contribution in [-0.4, -0.2) is 48.9 Å². The van der Waals surface area contributed by atoms with Crippen LogP contribution in [0.5, 0.6) is 0 Å². The Morgan fingerprint density at radius 2 is 1.11 bits per heavy atom. The van der Waals surface area contributed by atoms with Crippen LogP contribution in [0.2, 0.25) is 0 Å². The van der Waals surface area contributed by atoms with Crippen molar-refractivity contribution < 1.29 is 67.6 Å². The third-order valence-electron chi connectivity index (χ3n) is 10.7. The first-order chi connectivity index (χ1) is 37.9. The molecule has 0 fully saturated rings. The Morgan fingerprint density at radius 1 is 0.537 bits per heavy atom. The molecule has 13 rings (SSSR count). The number of aromatic nitrogens is 10. The number of benzene rings is 7. The number of oxazole rings is 1. The fourth-order valence-corrected chi connectivity index (χ4v) is 7.70. The topological polar surface area (TPSA) is 115 Å². The second-order valence-electron chi connectivity index (χ2n) is 16.4. The molecular weight excluding hydrogens is 1560 g/mol. The van der Waals surface area contributed by atoms with Gasteiger partial charge in [-0.3, -0.25) is 33.8 Å². The fourth-order valence-electron chi connectivity index (χ4n) is 7.15. The third-order valence-corrected chi connectivity index (χ3v) is 11.3. The van der Waals surface area contributed by atoms with Crippen LogP contribution in [0.1, 0.15) is 11.4 Å². The molecule has 0 unspecified atom stereocenters. The van der Waals surface area contributed by atoms with Crippen molar-refractivity contribution in [3.05, 3.63) is 302 Å². The average Bonchev–Trinajstić information content (AvgIpc) is 4.38. The first kappa shape index (κ1) is 62.6. The predicted octanol–water partition coefficient (Wildman–Crippen LogP) is 14.5. The number of thiazole rings is 1. The summed E-state index contributed by atoms with van der Waals surface area (Å²) in [6, 6.07) is 77.2. The zero-order valence-corrected chi connectivity index (χ0v) is 50.9. The van der Waals surface area contributed by atoms with Gasteiger partial charge in [-0.1, -0.05) is 36.0 Å². The maximum absolute atomic E-state index is 6.85. The second-order valence-corrected chi connectivity index (χ2v) is 17.1. The molecule has 0 saturated heterocycles. The molecule has 0 saturated carbocycles. The maximum atomic E-state index is 6.85. The summed E-state index contributed by atoms with van der Waals surface area (Å²) >= 11 is 1.60. The van der Waals surface area contributed by atoms with Crippen LogP contribution in [-0.2, 0) is 70.2 Å². The molecule has 0 aliphatic rings. The van der Waals surface area contributed by atoms with E-state index in [1.165, 1.54) is 17.5 Å². The Bertz CT molecular complexity index is 3660. The SMILES string of the molecule is Cc1cc(C)n(-c2[c-]cccc2)n1.Cn1cnc(-c2[c-]cccc2)c1.[C-]#[N+]c1cc[c-]c(-n2cccn2)c1.[Pt+2].[Pt+2].[Pt+2].[c-]1ccc(-c2ccccc2)cc1-n1cccn1.[c-]1ccccc1-c1cocn1.[c-]1ccccc1-c1cscn1. The zero-order valence-electron chi connectivity index (χ0n) is 43.3. The van der Waals surface area contributed by atoms with Gasteiger partial charge in [-0.05, 0) is 66.3 Å². The van der Waals surface area contributed by atoms with E-state index in [1.54, 1.807) is 59.2 Å². The number of nitrogens with zero attached hydrogens (tertiary/aromatic N) is 11. The van der Waals surface area contributed by atoms with E-state index in [-0.39, 0.29) is 63.2 Å². The molecule has 0 aliphatic carbocycles. The molecule has 0 radical (unpaired) electrons. The number of aryl methyl sites for hydroxylation is 3. The minimum absolute atomic E-state index is 0. The summed E-state index contributed by atoms with van der Waals surface area (Å²) in [6.07, 6.45) is 14.0. The monoisotopic (exact) mass is 1600 g/mol. The second kappa shape index (κ2) is 33.9. The summed E-state index contributed by atoms with van der Waals surface area (Å²) in [5.41, 5.74) is 15.6. The molecular formula is C64H49N11OPt3S. The molecule has 16 heteroatoms. The summed E-state index contributed by atoms with van der Waals surface area (Å²) in [5, 5.41) is 14.6. The molecule has 6 aromatic heterocycles. The van der Waals surface area contributed by atoms with E-state index < -0.39 is 0 Å². The van der Waals surface area contributed by atoms with Crippen LogP contribution in [0.15, 0.2) is 247 Å². The van der Waals surface area contributed by atoms with E-state index in [9.17, 15) is 0 Å². The van der Waals surface area contributed by atoms with E-state index in [1.807, 2.05) is 198 Å². The van der Waals surface area contributed by atoms with Crippen LogP contribution < -0.4 is 0 Å². The largest absolute Gasteiger partial charge is 2.00 e. The Kier molecular flexibility index (Phi) is 26.6. The molecule has 0 bridgehead atoms. The van der Waals surface area contributed by atoms with Gasteiger partial charge in [0.2, 0.25) is 0 Å². The maximum Gasteiger partial charge on any atom is 2.00 e. The third kappa shape index (κ3) is 19.3. The van der Waals surface area contributed by atoms with Gasteiger partial charge >= 0.3 is 63.2 Å². The Morgan fingerprint density at radius 3 is 1.60 bits per heavy atom. The van der Waals surface area contributed by atoms with Gasteiger partial charge in [0.05, 0.1) is 36.1 Å². The molecule has 0 atom stereocenters. The van der Waals surface area contributed by atoms with Gasteiger partial charge in [0.1, 0.15) is 0 Å². The van der Waals surface area contributed by atoms with Crippen molar-refractivity contribution >= 4 is 17.0 Å². The Hall–Kier alpha value is -8.23. The number of para-hydroxylation sites is 1. The molecule has 0 aliphatic heterocycles. The molecule has 0 N–H and O–H groups in total. The average molecular weight is 1610 g/mol. The molecule has 6 heterocycles. The summed E-state index contributed by atoms with van der Waals surface area (Å²) < 4.78 is 12.1. The molecule has 13 aromatic rings. The predicted molar refractivity (Wildman–Crippen MR) is 303 cm³/mol. The molecule has 0 spiro atoms. The van der Waals surface area contributed by atoms with Crippen molar-refractivity contribution in [1.82, 2.24) is 48.9 Å². The van der Waals surface area contributed by atoms with E-state index in [0.717, 1.165) is 62.2 Å². The van der Waals surface area contributed by atoms with E-state index in [0.29, 0.717) is 5.69 Å². The van der Waals surface area contributed by atoms with Gasteiger partial charge in [-0.15, -0.1) is 143 Å². The van der Waals surface area contributed by atoms with E-state index in [2.05, 4.69) is 102 Å². The van der Waals surface area contributed by atoms with Crippen molar-refractivity contribution in [3.8, 4) is 62.0 Å². The van der Waals surface area contributed by atoms with Gasteiger partial charge in [0.15, 0.2) is 6.39 Å². The van der Waals surface area contributed by atoms with Crippen LogP contribution in [0.4, 0.5) is 5.69 Å². The van der Waals surface area contributed by atoms with Crippen molar-refractivity contribution in [2.24, 2.45) is 7.05 Å². The Balaban J connectivity index is 0.000000176. The van der Waals surface area contributed by atoms with Crippen LogP contribution >= 0.6 is 11.3 Å². The summed E-state index contributed by atoms with van der Waals surface area (Å²) in [6.45, 7) is 10.9. The quantitative estimate of drug-likeness (QED) is 0.146. The summed E-state index contributed by atoms with van der Waals surface area (Å²) in [7, 11) is 1.96. The zero-order chi connectivity index (χ0) is 53.3. The summed E-state index contributed by atoms with van der Waals surface area (Å²) in [4.78, 5) is 15.7. The van der Waals surface area contributed by atoms with Crippen molar-refractivity contribution in [1.29, 1.82) is 0 Å². The van der Waals surface area contributed by atoms with Crippen molar-refractivity contribution in [2.45, 2.75) is 13.8 Å².